The number of pyridine rings is 1. The van der Waals surface area contributed by atoms with E-state index in [0.29, 0.717) is 6.54 Å². The third-order valence-electron chi connectivity index (χ3n) is 3.57. The molecule has 0 unspecified atom stereocenters. The molecule has 0 fully saturated rings. The number of aliphatic hydroxyl groups is 1. The van der Waals surface area contributed by atoms with Crippen LogP contribution in [0.2, 0.25) is 0 Å². The minimum Gasteiger partial charge on any atom is -0.396 e. The van der Waals surface area contributed by atoms with E-state index in [1.165, 1.54) is 0 Å². The van der Waals surface area contributed by atoms with E-state index in [0.717, 1.165) is 42.7 Å². The van der Waals surface area contributed by atoms with Gasteiger partial charge in [-0.15, -0.1) is 0 Å². The Labute approximate surface area is 124 Å². The van der Waals surface area contributed by atoms with Crippen molar-refractivity contribution in [1.82, 2.24) is 14.3 Å². The van der Waals surface area contributed by atoms with Crippen molar-refractivity contribution in [1.29, 1.82) is 0 Å². The predicted molar refractivity (Wildman–Crippen MR) is 83.5 cm³/mol. The molecule has 0 saturated carbocycles. The van der Waals surface area contributed by atoms with Gasteiger partial charge in [0, 0.05) is 25.4 Å². The summed E-state index contributed by atoms with van der Waals surface area (Å²) in [5, 5.41) is 8.76. The van der Waals surface area contributed by atoms with Gasteiger partial charge in [0.2, 0.25) is 0 Å². The summed E-state index contributed by atoms with van der Waals surface area (Å²) in [6.07, 6.45) is 4.67. The molecule has 0 spiro atoms. The lowest BCUT2D eigenvalue weighted by Gasteiger charge is -2.16. The van der Waals surface area contributed by atoms with Gasteiger partial charge in [0.05, 0.1) is 5.69 Å². The highest BCUT2D eigenvalue weighted by Gasteiger charge is 2.06. The predicted octanol–water partition coefficient (Wildman–Crippen LogP) is 1.60. The van der Waals surface area contributed by atoms with Crippen LogP contribution in [0.4, 0.5) is 0 Å². The van der Waals surface area contributed by atoms with Gasteiger partial charge in [0.1, 0.15) is 5.65 Å². The summed E-state index contributed by atoms with van der Waals surface area (Å²) in [4.78, 5) is 18.9. The van der Waals surface area contributed by atoms with Gasteiger partial charge in [-0.2, -0.15) is 0 Å². The number of hydrogen-bond acceptors (Lipinski definition) is 4. The highest BCUT2D eigenvalue weighted by atomic mass is 16.2. The monoisotopic (exact) mass is 289 g/mol. The number of aryl methyl sites for hydroxylation is 1. The zero-order valence-corrected chi connectivity index (χ0v) is 12.7. The van der Waals surface area contributed by atoms with Gasteiger partial charge in [-0.05, 0) is 51.4 Å². The molecule has 0 radical (unpaired) electrons. The second kappa shape index (κ2) is 7.33. The quantitative estimate of drug-likeness (QED) is 0.787. The minimum absolute atomic E-state index is 0.0348. The minimum atomic E-state index is -0.0348. The van der Waals surface area contributed by atoms with E-state index in [9.17, 15) is 4.79 Å². The summed E-state index contributed by atoms with van der Waals surface area (Å²) >= 11 is 0. The molecule has 1 N–H and O–H groups in total. The molecule has 0 saturated heterocycles. The van der Waals surface area contributed by atoms with Crippen LogP contribution in [0, 0.1) is 6.92 Å². The van der Waals surface area contributed by atoms with Gasteiger partial charge in [-0.3, -0.25) is 9.20 Å². The molecule has 2 aromatic rings. The maximum atomic E-state index is 12.1. The van der Waals surface area contributed by atoms with Crippen molar-refractivity contribution in [3.63, 3.8) is 0 Å². The molecule has 0 aliphatic carbocycles. The van der Waals surface area contributed by atoms with Crippen LogP contribution in [0.3, 0.4) is 0 Å². The highest BCUT2D eigenvalue weighted by Crippen LogP contribution is 2.07. The molecule has 114 valence electrons. The Morgan fingerprint density at radius 1 is 1.33 bits per heavy atom. The zero-order valence-electron chi connectivity index (χ0n) is 12.7. The Kier molecular flexibility index (Phi) is 5.47. The maximum Gasteiger partial charge on any atom is 0.258 e. The second-order valence-corrected chi connectivity index (χ2v) is 5.49. The lowest BCUT2D eigenvalue weighted by atomic mass is 10.2. The topological polar surface area (TPSA) is 57.8 Å². The van der Waals surface area contributed by atoms with Crippen molar-refractivity contribution >= 4 is 5.65 Å². The lowest BCUT2D eigenvalue weighted by molar-refractivity contribution is 0.270. The van der Waals surface area contributed by atoms with Gasteiger partial charge in [0.25, 0.3) is 5.56 Å². The number of hydrogen-bond donors (Lipinski definition) is 1. The summed E-state index contributed by atoms with van der Waals surface area (Å²) in [5.41, 5.74) is 2.50. The van der Waals surface area contributed by atoms with Crippen LogP contribution in [-0.4, -0.2) is 39.6 Å². The van der Waals surface area contributed by atoms with Crippen LogP contribution in [-0.2, 0) is 6.54 Å². The molecule has 2 rings (SSSR count). The van der Waals surface area contributed by atoms with E-state index in [-0.39, 0.29) is 12.2 Å². The van der Waals surface area contributed by atoms with Crippen LogP contribution >= 0.6 is 0 Å². The van der Waals surface area contributed by atoms with Crippen LogP contribution in [0.5, 0.6) is 0 Å². The standard InChI is InChI=1S/C16H23N3O2/c1-13-7-6-9-19-15(21)11-14(17-16(13)19)12-18(2)8-4-3-5-10-20/h6-7,9,11,20H,3-5,8,10,12H2,1-2H3. The van der Waals surface area contributed by atoms with E-state index in [2.05, 4.69) is 9.88 Å². The molecule has 2 aromatic heterocycles. The normalized spacial score (nSPS) is 11.4. The maximum absolute atomic E-state index is 12.1. The molecule has 0 bridgehead atoms. The molecule has 5 heteroatoms. The Morgan fingerprint density at radius 2 is 2.14 bits per heavy atom. The van der Waals surface area contributed by atoms with Crippen molar-refractivity contribution in [2.75, 3.05) is 20.2 Å². The van der Waals surface area contributed by atoms with Gasteiger partial charge < -0.3 is 10.0 Å². The van der Waals surface area contributed by atoms with Crippen LogP contribution in [0.25, 0.3) is 5.65 Å². The number of aliphatic hydroxyl groups excluding tert-OH is 1. The van der Waals surface area contributed by atoms with Gasteiger partial charge in [-0.25, -0.2) is 4.98 Å². The molecule has 0 aliphatic rings. The number of aromatic nitrogens is 2. The van der Waals surface area contributed by atoms with Crippen molar-refractivity contribution in [3.05, 3.63) is 46.0 Å². The van der Waals surface area contributed by atoms with Gasteiger partial charge >= 0.3 is 0 Å². The van der Waals surface area contributed by atoms with Crippen LogP contribution in [0.1, 0.15) is 30.5 Å². The van der Waals surface area contributed by atoms with Crippen molar-refractivity contribution < 1.29 is 5.11 Å². The van der Waals surface area contributed by atoms with E-state index >= 15 is 0 Å². The van der Waals surface area contributed by atoms with E-state index in [1.54, 1.807) is 16.7 Å². The van der Waals surface area contributed by atoms with E-state index in [4.69, 9.17) is 5.11 Å². The van der Waals surface area contributed by atoms with Crippen molar-refractivity contribution in [3.8, 4) is 0 Å². The molecule has 0 aromatic carbocycles. The highest BCUT2D eigenvalue weighted by molar-refractivity contribution is 5.46. The second-order valence-electron chi connectivity index (χ2n) is 5.49. The number of fused-ring (bicyclic) bond motifs is 1. The van der Waals surface area contributed by atoms with Crippen LogP contribution in [0.15, 0.2) is 29.2 Å². The first-order valence-corrected chi connectivity index (χ1v) is 7.39. The molecule has 21 heavy (non-hydrogen) atoms. The Hall–Kier alpha value is -1.72. The first kappa shape index (κ1) is 15.7. The Morgan fingerprint density at radius 3 is 2.90 bits per heavy atom. The van der Waals surface area contributed by atoms with Crippen molar-refractivity contribution in [2.45, 2.75) is 32.7 Å². The SMILES string of the molecule is Cc1cccn2c(=O)cc(CN(C)CCCCCO)nc12. The molecular formula is C16H23N3O2. The van der Waals surface area contributed by atoms with Gasteiger partial charge in [0.15, 0.2) is 0 Å². The molecule has 0 aliphatic heterocycles. The summed E-state index contributed by atoms with van der Waals surface area (Å²) < 4.78 is 1.58. The summed E-state index contributed by atoms with van der Waals surface area (Å²) in [5.74, 6) is 0. The molecule has 5 nitrogen and oxygen atoms in total. The first-order chi connectivity index (χ1) is 10.1. The van der Waals surface area contributed by atoms with Gasteiger partial charge in [-0.1, -0.05) is 6.07 Å². The number of unbranched alkanes of at least 4 members (excludes halogenated alkanes) is 2. The molecule has 0 atom stereocenters. The average Bonchev–Trinajstić information content (AvgIpc) is 2.45. The third kappa shape index (κ3) is 4.12. The first-order valence-electron chi connectivity index (χ1n) is 7.39. The fourth-order valence-electron chi connectivity index (χ4n) is 2.42. The zero-order chi connectivity index (χ0) is 15.2. The largest absolute Gasteiger partial charge is 0.396 e. The summed E-state index contributed by atoms with van der Waals surface area (Å²) in [7, 11) is 2.03. The average molecular weight is 289 g/mol. The summed E-state index contributed by atoms with van der Waals surface area (Å²) in [6, 6.07) is 5.43. The fraction of sp³-hybridized carbons (Fsp3) is 0.500. The molecular weight excluding hydrogens is 266 g/mol. The summed E-state index contributed by atoms with van der Waals surface area (Å²) in [6.45, 7) is 3.82. The smallest absolute Gasteiger partial charge is 0.258 e. The number of rotatable bonds is 7. The molecule has 2 heterocycles. The fourth-order valence-corrected chi connectivity index (χ4v) is 2.42. The Bertz CT molecular complexity index is 652. The molecule has 0 amide bonds. The third-order valence-corrected chi connectivity index (χ3v) is 3.57. The van der Waals surface area contributed by atoms with Crippen molar-refractivity contribution in [2.24, 2.45) is 0 Å². The Balaban J connectivity index is 2.09. The lowest BCUT2D eigenvalue weighted by Crippen LogP contribution is -2.23. The van der Waals surface area contributed by atoms with E-state index < -0.39 is 0 Å². The van der Waals surface area contributed by atoms with Crippen LogP contribution < -0.4 is 5.56 Å². The number of nitrogens with zero attached hydrogens (tertiary/aromatic N) is 3. The van der Waals surface area contributed by atoms with E-state index in [1.807, 2.05) is 26.1 Å².